The van der Waals surface area contributed by atoms with Crippen molar-refractivity contribution in [3.63, 3.8) is 0 Å². The minimum Gasteiger partial charge on any atom is -0.329 e. The summed E-state index contributed by atoms with van der Waals surface area (Å²) < 4.78 is 26.8. The standard InChI is InChI=1S/C18H22ClN3O3S.ClH/c1-18(2,13-6-8-14(19)9-7-13)17(23)22-15-4-3-5-16(12-15)26(24,25)21-11-10-20;/h3-9,12,21H,10-11,20H2,1-2H3,(H,22,23);1H. The van der Waals surface area contributed by atoms with Gasteiger partial charge in [0.2, 0.25) is 15.9 Å². The Hall–Kier alpha value is -1.64. The maximum absolute atomic E-state index is 12.7. The van der Waals surface area contributed by atoms with Crippen LogP contribution in [0.25, 0.3) is 0 Å². The Bertz CT molecular complexity index is 885. The molecule has 0 aliphatic heterocycles. The number of carbonyl (C=O) groups is 1. The topological polar surface area (TPSA) is 101 Å². The molecule has 0 saturated carbocycles. The van der Waals surface area contributed by atoms with Crippen molar-refractivity contribution in [2.45, 2.75) is 24.2 Å². The van der Waals surface area contributed by atoms with Gasteiger partial charge in [0.05, 0.1) is 10.3 Å². The molecule has 6 nitrogen and oxygen atoms in total. The monoisotopic (exact) mass is 431 g/mol. The van der Waals surface area contributed by atoms with Crippen LogP contribution in [0.15, 0.2) is 53.4 Å². The van der Waals surface area contributed by atoms with E-state index in [0.717, 1.165) is 5.56 Å². The summed E-state index contributed by atoms with van der Waals surface area (Å²) in [5, 5.41) is 3.37. The quantitative estimate of drug-likeness (QED) is 0.626. The zero-order chi connectivity index (χ0) is 19.4. The van der Waals surface area contributed by atoms with E-state index in [4.69, 9.17) is 17.3 Å². The molecule has 2 aromatic rings. The first kappa shape index (κ1) is 23.4. The number of benzene rings is 2. The third-order valence-corrected chi connectivity index (χ3v) is 5.68. The molecule has 2 rings (SSSR count). The van der Waals surface area contributed by atoms with Crippen molar-refractivity contribution in [3.8, 4) is 0 Å². The number of nitrogens with one attached hydrogen (secondary N) is 2. The van der Waals surface area contributed by atoms with Gasteiger partial charge in [0, 0.05) is 23.8 Å². The summed E-state index contributed by atoms with van der Waals surface area (Å²) in [4.78, 5) is 12.8. The van der Waals surface area contributed by atoms with Crippen molar-refractivity contribution in [1.29, 1.82) is 0 Å². The van der Waals surface area contributed by atoms with Gasteiger partial charge in [-0.05, 0) is 49.7 Å². The fourth-order valence-corrected chi connectivity index (χ4v) is 3.52. The molecule has 1 amide bonds. The van der Waals surface area contributed by atoms with Gasteiger partial charge in [-0.15, -0.1) is 12.4 Å². The van der Waals surface area contributed by atoms with Crippen LogP contribution in [0.5, 0.6) is 0 Å². The molecule has 0 aliphatic carbocycles. The van der Waals surface area contributed by atoms with E-state index in [1.54, 1.807) is 50.2 Å². The SMILES string of the molecule is CC(C)(C(=O)Nc1cccc(S(=O)(=O)NCCN)c1)c1ccc(Cl)cc1.Cl. The van der Waals surface area contributed by atoms with Gasteiger partial charge in [0.1, 0.15) is 0 Å². The number of rotatable bonds is 7. The highest BCUT2D eigenvalue weighted by Crippen LogP contribution is 2.27. The van der Waals surface area contributed by atoms with Crippen LogP contribution >= 0.6 is 24.0 Å². The molecule has 0 saturated heterocycles. The molecule has 0 fully saturated rings. The average Bonchev–Trinajstić information content (AvgIpc) is 2.60. The largest absolute Gasteiger partial charge is 0.329 e. The van der Waals surface area contributed by atoms with Gasteiger partial charge in [0.15, 0.2) is 0 Å². The van der Waals surface area contributed by atoms with E-state index >= 15 is 0 Å². The van der Waals surface area contributed by atoms with Gasteiger partial charge < -0.3 is 11.1 Å². The summed E-state index contributed by atoms with van der Waals surface area (Å²) in [5.41, 5.74) is 5.70. The van der Waals surface area contributed by atoms with Gasteiger partial charge in [-0.1, -0.05) is 29.8 Å². The third-order valence-electron chi connectivity index (χ3n) is 3.97. The van der Waals surface area contributed by atoms with E-state index in [1.807, 2.05) is 0 Å². The number of nitrogens with two attached hydrogens (primary N) is 1. The third kappa shape index (κ3) is 5.92. The minimum absolute atomic E-state index is 0. The first-order valence-corrected chi connectivity index (χ1v) is 9.90. The van der Waals surface area contributed by atoms with Gasteiger partial charge in [0.25, 0.3) is 0 Å². The zero-order valence-electron chi connectivity index (χ0n) is 15.0. The van der Waals surface area contributed by atoms with E-state index in [-0.39, 0.29) is 36.3 Å². The fourth-order valence-electron chi connectivity index (χ4n) is 2.30. The molecule has 148 valence electrons. The molecule has 9 heteroatoms. The number of hydrogen-bond acceptors (Lipinski definition) is 4. The van der Waals surface area contributed by atoms with E-state index in [0.29, 0.717) is 10.7 Å². The number of halogens is 2. The first-order chi connectivity index (χ1) is 12.2. The second-order valence-corrected chi connectivity index (χ2v) is 8.50. The van der Waals surface area contributed by atoms with E-state index in [1.165, 1.54) is 12.1 Å². The Morgan fingerprint density at radius 3 is 2.37 bits per heavy atom. The fraction of sp³-hybridized carbons (Fsp3) is 0.278. The highest BCUT2D eigenvalue weighted by Gasteiger charge is 2.30. The van der Waals surface area contributed by atoms with Crippen molar-refractivity contribution >= 4 is 45.6 Å². The molecule has 0 heterocycles. The second-order valence-electron chi connectivity index (χ2n) is 6.30. The van der Waals surface area contributed by atoms with Crippen LogP contribution in [-0.4, -0.2) is 27.4 Å². The molecule has 0 aliphatic rings. The molecule has 4 N–H and O–H groups in total. The maximum Gasteiger partial charge on any atom is 0.240 e. The van der Waals surface area contributed by atoms with Crippen molar-refractivity contribution in [2.24, 2.45) is 5.73 Å². The minimum atomic E-state index is -3.67. The lowest BCUT2D eigenvalue weighted by atomic mass is 9.83. The Labute approximate surface area is 170 Å². The number of sulfonamides is 1. The number of anilines is 1. The summed E-state index contributed by atoms with van der Waals surface area (Å²) in [6.45, 7) is 3.91. The molecule has 27 heavy (non-hydrogen) atoms. The molecular weight excluding hydrogens is 409 g/mol. The lowest BCUT2D eigenvalue weighted by molar-refractivity contribution is -0.120. The van der Waals surface area contributed by atoms with Gasteiger partial charge in [-0.2, -0.15) is 0 Å². The average molecular weight is 432 g/mol. The molecular formula is C18H23Cl2N3O3S. The van der Waals surface area contributed by atoms with Crippen molar-refractivity contribution in [3.05, 3.63) is 59.1 Å². The van der Waals surface area contributed by atoms with Gasteiger partial charge >= 0.3 is 0 Å². The molecule has 2 aromatic carbocycles. The highest BCUT2D eigenvalue weighted by molar-refractivity contribution is 7.89. The molecule has 0 atom stereocenters. The normalized spacial score (nSPS) is 11.6. The predicted molar refractivity (Wildman–Crippen MR) is 111 cm³/mol. The van der Waals surface area contributed by atoms with Gasteiger partial charge in [-0.25, -0.2) is 13.1 Å². The van der Waals surface area contributed by atoms with Crippen molar-refractivity contribution in [1.82, 2.24) is 4.72 Å². The molecule has 0 radical (unpaired) electrons. The molecule has 0 aromatic heterocycles. The lowest BCUT2D eigenvalue weighted by Gasteiger charge is -2.24. The predicted octanol–water partition coefficient (Wildman–Crippen LogP) is 2.92. The second kappa shape index (κ2) is 9.52. The summed E-state index contributed by atoms with van der Waals surface area (Å²) in [7, 11) is -3.67. The summed E-state index contributed by atoms with van der Waals surface area (Å²) in [6.07, 6.45) is 0. The van der Waals surface area contributed by atoms with Crippen molar-refractivity contribution < 1.29 is 13.2 Å². The van der Waals surface area contributed by atoms with E-state index < -0.39 is 15.4 Å². The zero-order valence-corrected chi connectivity index (χ0v) is 17.4. The van der Waals surface area contributed by atoms with Crippen LogP contribution in [0.1, 0.15) is 19.4 Å². The summed E-state index contributed by atoms with van der Waals surface area (Å²) in [6, 6.07) is 13.1. The molecule has 0 bridgehead atoms. The Kier molecular flexibility index (Phi) is 8.25. The maximum atomic E-state index is 12.7. The van der Waals surface area contributed by atoms with E-state index in [2.05, 4.69) is 10.0 Å². The lowest BCUT2D eigenvalue weighted by Crippen LogP contribution is -2.34. The van der Waals surface area contributed by atoms with Crippen LogP contribution in [0.3, 0.4) is 0 Å². The van der Waals surface area contributed by atoms with E-state index in [9.17, 15) is 13.2 Å². The summed E-state index contributed by atoms with van der Waals surface area (Å²) in [5.74, 6) is -0.260. The molecule has 0 spiro atoms. The van der Waals surface area contributed by atoms with Crippen LogP contribution in [0, 0.1) is 0 Å². The Morgan fingerprint density at radius 1 is 1.15 bits per heavy atom. The van der Waals surface area contributed by atoms with Crippen LogP contribution in [-0.2, 0) is 20.2 Å². The van der Waals surface area contributed by atoms with Gasteiger partial charge in [-0.3, -0.25) is 4.79 Å². The molecule has 0 unspecified atom stereocenters. The number of amides is 1. The first-order valence-electron chi connectivity index (χ1n) is 8.04. The van der Waals surface area contributed by atoms with Crippen LogP contribution < -0.4 is 15.8 Å². The number of hydrogen-bond donors (Lipinski definition) is 3. The highest BCUT2D eigenvalue weighted by atomic mass is 35.5. The van der Waals surface area contributed by atoms with Crippen molar-refractivity contribution in [2.75, 3.05) is 18.4 Å². The van der Waals surface area contributed by atoms with Crippen LogP contribution in [0.4, 0.5) is 5.69 Å². The summed E-state index contributed by atoms with van der Waals surface area (Å²) >= 11 is 5.90. The Balaban J connectivity index is 0.00000364. The number of carbonyl (C=O) groups excluding carboxylic acids is 1. The van der Waals surface area contributed by atoms with Crippen LogP contribution in [0.2, 0.25) is 5.02 Å². The Morgan fingerprint density at radius 2 is 1.78 bits per heavy atom. The smallest absolute Gasteiger partial charge is 0.240 e.